The Kier molecular flexibility index (Phi) is 8.88. The van der Waals surface area contributed by atoms with Crippen molar-refractivity contribution in [2.75, 3.05) is 39.5 Å². The van der Waals surface area contributed by atoms with Crippen molar-refractivity contribution in [2.45, 2.75) is 25.8 Å². The Morgan fingerprint density at radius 1 is 1.13 bits per heavy atom. The lowest BCUT2D eigenvalue weighted by Gasteiger charge is -2.35. The lowest BCUT2D eigenvalue weighted by Crippen LogP contribution is -2.44. The zero-order chi connectivity index (χ0) is 22.1. The molecule has 0 radical (unpaired) electrons. The summed E-state index contributed by atoms with van der Waals surface area (Å²) in [6.45, 7) is 4.88. The summed E-state index contributed by atoms with van der Waals surface area (Å²) in [5, 5.41) is 3.67. The molecule has 1 amide bonds. The summed E-state index contributed by atoms with van der Waals surface area (Å²) < 4.78 is 11.1. The number of morpholine rings is 1. The molecule has 1 saturated heterocycles. The van der Waals surface area contributed by atoms with Gasteiger partial charge in [0.1, 0.15) is 11.5 Å². The topological polar surface area (TPSA) is 67.9 Å². The largest absolute Gasteiger partial charge is 0.484 e. The fraction of sp³-hybridized carbons (Fsp3) is 0.417. The van der Waals surface area contributed by atoms with Gasteiger partial charge in [0, 0.05) is 31.1 Å². The third-order valence-corrected chi connectivity index (χ3v) is 5.65. The van der Waals surface area contributed by atoms with Gasteiger partial charge in [0.25, 0.3) is 5.91 Å². The lowest BCUT2D eigenvalue weighted by molar-refractivity contribution is -0.123. The van der Waals surface area contributed by atoms with E-state index in [2.05, 4.69) is 10.2 Å². The molecule has 7 heteroatoms. The molecule has 166 valence electrons. The van der Waals surface area contributed by atoms with E-state index in [4.69, 9.17) is 21.1 Å². The molecule has 31 heavy (non-hydrogen) atoms. The molecule has 1 atom stereocenters. The quantitative estimate of drug-likeness (QED) is 0.608. The molecule has 2 aromatic rings. The number of hydrogen-bond acceptors (Lipinski definition) is 5. The molecule has 6 nitrogen and oxygen atoms in total. The van der Waals surface area contributed by atoms with E-state index in [-0.39, 0.29) is 24.3 Å². The summed E-state index contributed by atoms with van der Waals surface area (Å²) in [5.41, 5.74) is 2.06. The smallest absolute Gasteiger partial charge is 0.258 e. The fourth-order valence-electron chi connectivity index (χ4n) is 3.55. The number of Topliss-reactive ketones (excluding diaryl/α,β-unsaturated/α-hetero) is 1. The monoisotopic (exact) mass is 444 g/mol. The zero-order valence-electron chi connectivity index (χ0n) is 17.8. The van der Waals surface area contributed by atoms with Crippen molar-refractivity contribution in [2.24, 2.45) is 0 Å². The first-order valence-corrected chi connectivity index (χ1v) is 10.9. The molecule has 0 bridgehead atoms. The second-order valence-electron chi connectivity index (χ2n) is 7.62. The average molecular weight is 445 g/mol. The predicted molar refractivity (Wildman–Crippen MR) is 121 cm³/mol. The summed E-state index contributed by atoms with van der Waals surface area (Å²) in [7, 11) is 0. The third-order valence-electron chi connectivity index (χ3n) is 5.30. The van der Waals surface area contributed by atoms with Gasteiger partial charge < -0.3 is 19.6 Å². The van der Waals surface area contributed by atoms with E-state index in [1.54, 1.807) is 6.92 Å². The van der Waals surface area contributed by atoms with Gasteiger partial charge in [-0.3, -0.25) is 9.69 Å². The molecule has 3 rings (SSSR count). The molecule has 0 aliphatic carbocycles. The summed E-state index contributed by atoms with van der Waals surface area (Å²) in [6, 6.07) is 15.2. The van der Waals surface area contributed by atoms with Gasteiger partial charge >= 0.3 is 0 Å². The van der Waals surface area contributed by atoms with Gasteiger partial charge in [-0.1, -0.05) is 41.9 Å². The first kappa shape index (κ1) is 23.3. The molecule has 1 heterocycles. The van der Waals surface area contributed by atoms with Crippen molar-refractivity contribution in [3.63, 3.8) is 0 Å². The molecular formula is C24H29ClN2O4. The number of ketones is 1. The highest BCUT2D eigenvalue weighted by Gasteiger charge is 2.24. The Morgan fingerprint density at radius 3 is 2.52 bits per heavy atom. The zero-order valence-corrected chi connectivity index (χ0v) is 18.6. The Labute approximate surface area is 188 Å². The van der Waals surface area contributed by atoms with E-state index in [1.165, 1.54) is 0 Å². The number of carbonyl (C=O) groups excluding carboxylic acids is 2. The van der Waals surface area contributed by atoms with E-state index in [0.29, 0.717) is 43.4 Å². The number of benzene rings is 2. The van der Waals surface area contributed by atoms with Crippen molar-refractivity contribution >= 4 is 23.3 Å². The van der Waals surface area contributed by atoms with Crippen molar-refractivity contribution in [1.82, 2.24) is 10.2 Å². The van der Waals surface area contributed by atoms with Crippen LogP contribution in [0.1, 0.15) is 30.5 Å². The minimum atomic E-state index is -0.189. The number of ether oxygens (including phenoxy) is 2. The first-order chi connectivity index (χ1) is 15.0. The second-order valence-corrected chi connectivity index (χ2v) is 8.03. The van der Waals surface area contributed by atoms with Gasteiger partial charge in [-0.2, -0.15) is 0 Å². The Hall–Kier alpha value is -2.41. The predicted octanol–water partition coefficient (Wildman–Crippen LogP) is 3.43. The van der Waals surface area contributed by atoms with Gasteiger partial charge in [0.2, 0.25) is 0 Å². The van der Waals surface area contributed by atoms with E-state index in [1.807, 2.05) is 48.5 Å². The van der Waals surface area contributed by atoms with Crippen molar-refractivity contribution in [3.05, 3.63) is 64.7 Å². The average Bonchev–Trinajstić information content (AvgIpc) is 2.79. The number of halogens is 1. The second kappa shape index (κ2) is 11.8. The van der Waals surface area contributed by atoms with Gasteiger partial charge in [-0.25, -0.2) is 0 Å². The third kappa shape index (κ3) is 7.35. The molecule has 1 unspecified atom stereocenters. The Morgan fingerprint density at radius 2 is 1.84 bits per heavy atom. The van der Waals surface area contributed by atoms with Crippen LogP contribution in [0.2, 0.25) is 5.02 Å². The van der Waals surface area contributed by atoms with Gasteiger partial charge in [-0.05, 0) is 42.7 Å². The number of nitrogens with zero attached hydrogens (tertiary/aromatic N) is 1. The molecule has 1 aliphatic heterocycles. The van der Waals surface area contributed by atoms with Crippen molar-refractivity contribution in [1.29, 1.82) is 0 Å². The van der Waals surface area contributed by atoms with Crippen LogP contribution in [0.25, 0.3) is 0 Å². The van der Waals surface area contributed by atoms with E-state index < -0.39 is 0 Å². The van der Waals surface area contributed by atoms with E-state index >= 15 is 0 Å². The molecule has 1 aliphatic rings. The number of carbonyl (C=O) groups is 2. The van der Waals surface area contributed by atoms with Gasteiger partial charge in [0.15, 0.2) is 6.61 Å². The van der Waals surface area contributed by atoms with Crippen LogP contribution in [0.4, 0.5) is 0 Å². The summed E-state index contributed by atoms with van der Waals surface area (Å²) in [5.74, 6) is 0.604. The van der Waals surface area contributed by atoms with Crippen LogP contribution in [-0.2, 0) is 20.7 Å². The van der Waals surface area contributed by atoms with Crippen LogP contribution in [-0.4, -0.2) is 56.0 Å². The van der Waals surface area contributed by atoms with Crippen LogP contribution < -0.4 is 10.1 Å². The first-order valence-electron chi connectivity index (χ1n) is 10.6. The highest BCUT2D eigenvalue weighted by atomic mass is 35.5. The number of amides is 1. The minimum absolute atomic E-state index is 0.0258. The van der Waals surface area contributed by atoms with Gasteiger partial charge in [0.05, 0.1) is 19.3 Å². The maximum atomic E-state index is 12.4. The van der Waals surface area contributed by atoms with E-state index in [0.717, 1.165) is 24.2 Å². The maximum Gasteiger partial charge on any atom is 0.258 e. The number of aryl methyl sites for hydroxylation is 1. The standard InChI is InChI=1S/C24H29ClN2O4/c1-18(28)6-7-19-8-10-20(11-9-19)31-17-24(29)26-16-23(27-12-14-30-15-13-27)21-4-2-3-5-22(21)25/h2-5,8-11,23H,6-7,12-17H2,1H3,(H,26,29). The molecule has 0 spiro atoms. The van der Waals surface area contributed by atoms with Crippen LogP contribution in [0.15, 0.2) is 48.5 Å². The highest BCUT2D eigenvalue weighted by molar-refractivity contribution is 6.31. The Balaban J connectivity index is 1.52. The molecular weight excluding hydrogens is 416 g/mol. The number of hydrogen-bond donors (Lipinski definition) is 1. The van der Waals surface area contributed by atoms with Crippen LogP contribution in [0.5, 0.6) is 5.75 Å². The molecule has 0 aromatic heterocycles. The minimum Gasteiger partial charge on any atom is -0.484 e. The highest BCUT2D eigenvalue weighted by Crippen LogP contribution is 2.27. The Bertz CT molecular complexity index is 866. The molecule has 0 saturated carbocycles. The molecule has 2 aromatic carbocycles. The number of rotatable bonds is 10. The summed E-state index contributed by atoms with van der Waals surface area (Å²) in [6.07, 6.45) is 1.24. The van der Waals surface area contributed by atoms with E-state index in [9.17, 15) is 9.59 Å². The molecule has 1 fully saturated rings. The normalized spacial score (nSPS) is 15.3. The fourth-order valence-corrected chi connectivity index (χ4v) is 3.82. The van der Waals surface area contributed by atoms with Crippen LogP contribution >= 0.6 is 11.6 Å². The van der Waals surface area contributed by atoms with Crippen LogP contribution in [0, 0.1) is 0 Å². The summed E-state index contributed by atoms with van der Waals surface area (Å²) in [4.78, 5) is 25.8. The van der Waals surface area contributed by atoms with Crippen molar-refractivity contribution in [3.8, 4) is 5.75 Å². The van der Waals surface area contributed by atoms with Crippen molar-refractivity contribution < 1.29 is 19.1 Å². The SMILES string of the molecule is CC(=O)CCc1ccc(OCC(=O)NCC(c2ccccc2Cl)N2CCOCC2)cc1. The molecule has 1 N–H and O–H groups in total. The summed E-state index contributed by atoms with van der Waals surface area (Å²) >= 11 is 6.43. The number of nitrogens with one attached hydrogen (secondary N) is 1. The van der Waals surface area contributed by atoms with Crippen LogP contribution in [0.3, 0.4) is 0 Å². The lowest BCUT2D eigenvalue weighted by atomic mass is 10.0. The maximum absolute atomic E-state index is 12.4. The van der Waals surface area contributed by atoms with Gasteiger partial charge in [-0.15, -0.1) is 0 Å².